The first kappa shape index (κ1) is 25.9. The lowest BCUT2D eigenvalue weighted by molar-refractivity contribution is -0.121. The molecular formula is C27H34N4O4. The number of unbranched alkanes of at least 4 members (excludes halogenated alkanes) is 1. The summed E-state index contributed by atoms with van der Waals surface area (Å²) in [4.78, 5) is 51.1. The van der Waals surface area contributed by atoms with Crippen LogP contribution >= 0.6 is 0 Å². The minimum Gasteiger partial charge on any atom is -0.356 e. The molecule has 186 valence electrons. The molecular weight excluding hydrogens is 444 g/mol. The van der Waals surface area contributed by atoms with E-state index in [1.165, 1.54) is 9.13 Å². The molecule has 0 unspecified atom stereocenters. The molecule has 2 N–H and O–H groups in total. The Morgan fingerprint density at radius 1 is 0.914 bits per heavy atom. The third-order valence-electron chi connectivity index (χ3n) is 6.06. The summed E-state index contributed by atoms with van der Waals surface area (Å²) in [6, 6.07) is 12.5. The molecule has 0 spiro atoms. The molecule has 8 heteroatoms. The fourth-order valence-electron chi connectivity index (χ4n) is 3.90. The van der Waals surface area contributed by atoms with Crippen LogP contribution in [0, 0.1) is 19.8 Å². The molecule has 0 aliphatic heterocycles. The number of aromatic nitrogens is 2. The highest BCUT2D eigenvalue weighted by atomic mass is 16.2. The second kappa shape index (κ2) is 11.6. The molecule has 2 aromatic carbocycles. The van der Waals surface area contributed by atoms with Crippen molar-refractivity contribution in [2.45, 2.75) is 60.0 Å². The minimum atomic E-state index is -0.533. The third-order valence-corrected chi connectivity index (χ3v) is 6.06. The molecule has 0 radical (unpaired) electrons. The summed E-state index contributed by atoms with van der Waals surface area (Å²) in [5, 5.41) is 6.12. The van der Waals surface area contributed by atoms with Crippen LogP contribution in [0.5, 0.6) is 0 Å². The van der Waals surface area contributed by atoms with E-state index in [-0.39, 0.29) is 30.5 Å². The number of rotatable bonds is 10. The normalized spacial score (nSPS) is 11.1. The Balaban J connectivity index is 1.80. The molecule has 2 amide bonds. The zero-order valence-electron chi connectivity index (χ0n) is 20.9. The Morgan fingerprint density at radius 3 is 2.40 bits per heavy atom. The van der Waals surface area contributed by atoms with Crippen molar-refractivity contribution in [2.24, 2.45) is 5.92 Å². The maximum Gasteiger partial charge on any atom is 0.331 e. The monoisotopic (exact) mass is 478 g/mol. The van der Waals surface area contributed by atoms with E-state index in [1.54, 1.807) is 24.3 Å². The van der Waals surface area contributed by atoms with Crippen LogP contribution in [0.25, 0.3) is 10.9 Å². The van der Waals surface area contributed by atoms with Crippen molar-refractivity contribution >= 4 is 28.4 Å². The van der Waals surface area contributed by atoms with Crippen molar-refractivity contribution in [1.29, 1.82) is 0 Å². The summed E-state index contributed by atoms with van der Waals surface area (Å²) in [7, 11) is 0. The summed E-state index contributed by atoms with van der Waals surface area (Å²) in [6.07, 6.45) is 1.38. The second-order valence-electron chi connectivity index (χ2n) is 9.29. The smallest absolute Gasteiger partial charge is 0.331 e. The van der Waals surface area contributed by atoms with Crippen molar-refractivity contribution in [3.05, 3.63) is 74.4 Å². The molecule has 1 heterocycles. The zero-order valence-corrected chi connectivity index (χ0v) is 20.9. The van der Waals surface area contributed by atoms with Gasteiger partial charge in [0.15, 0.2) is 0 Å². The highest BCUT2D eigenvalue weighted by Crippen LogP contribution is 2.18. The number of aryl methyl sites for hydroxylation is 1. The molecule has 0 fully saturated rings. The van der Waals surface area contributed by atoms with Gasteiger partial charge in [-0.05, 0) is 61.9 Å². The fourth-order valence-corrected chi connectivity index (χ4v) is 3.90. The number of hydrogen-bond acceptors (Lipinski definition) is 4. The van der Waals surface area contributed by atoms with Gasteiger partial charge in [-0.3, -0.25) is 23.5 Å². The van der Waals surface area contributed by atoms with Gasteiger partial charge >= 0.3 is 5.69 Å². The molecule has 0 aliphatic rings. The van der Waals surface area contributed by atoms with Gasteiger partial charge in [-0.2, -0.15) is 0 Å². The Hall–Kier alpha value is -3.68. The number of carbonyl (C=O) groups is 2. The van der Waals surface area contributed by atoms with E-state index in [1.807, 2.05) is 45.9 Å². The Labute approximate surface area is 205 Å². The summed E-state index contributed by atoms with van der Waals surface area (Å²) < 4.78 is 2.51. The maximum atomic E-state index is 13.3. The van der Waals surface area contributed by atoms with Crippen LogP contribution in [-0.4, -0.2) is 27.5 Å². The summed E-state index contributed by atoms with van der Waals surface area (Å²) >= 11 is 0. The van der Waals surface area contributed by atoms with Gasteiger partial charge in [-0.25, -0.2) is 4.79 Å². The topological polar surface area (TPSA) is 102 Å². The van der Waals surface area contributed by atoms with E-state index in [2.05, 4.69) is 10.6 Å². The van der Waals surface area contributed by atoms with E-state index in [9.17, 15) is 19.2 Å². The van der Waals surface area contributed by atoms with Crippen LogP contribution in [0.4, 0.5) is 5.69 Å². The lowest BCUT2D eigenvalue weighted by Crippen LogP contribution is -2.41. The number of carbonyl (C=O) groups excluding carboxylic acids is 2. The van der Waals surface area contributed by atoms with E-state index in [0.717, 1.165) is 11.1 Å². The van der Waals surface area contributed by atoms with Gasteiger partial charge in [0.2, 0.25) is 11.8 Å². The highest BCUT2D eigenvalue weighted by Gasteiger charge is 2.16. The third kappa shape index (κ3) is 6.47. The predicted molar refractivity (Wildman–Crippen MR) is 139 cm³/mol. The summed E-state index contributed by atoms with van der Waals surface area (Å²) in [5.41, 5.74) is 2.20. The fraction of sp³-hybridized carbons (Fsp3) is 0.407. The number of para-hydroxylation sites is 1. The van der Waals surface area contributed by atoms with E-state index in [4.69, 9.17) is 0 Å². The molecule has 1 aromatic heterocycles. The first-order chi connectivity index (χ1) is 16.7. The maximum absolute atomic E-state index is 13.3. The van der Waals surface area contributed by atoms with Crippen molar-refractivity contribution in [1.82, 2.24) is 14.5 Å². The SMILES string of the molecule is Cc1cccc(NC(=O)Cn2c(=O)n(CCCCC(=O)NCC(C)C)c(=O)c3ccccc32)c1C. The van der Waals surface area contributed by atoms with Crippen molar-refractivity contribution in [2.75, 3.05) is 11.9 Å². The lowest BCUT2D eigenvalue weighted by Gasteiger charge is -2.15. The number of amides is 2. The van der Waals surface area contributed by atoms with Gasteiger partial charge in [-0.15, -0.1) is 0 Å². The van der Waals surface area contributed by atoms with Crippen LogP contribution in [0.2, 0.25) is 0 Å². The number of benzene rings is 2. The zero-order chi connectivity index (χ0) is 25.5. The summed E-state index contributed by atoms with van der Waals surface area (Å²) in [5.74, 6) is -0.0105. The summed E-state index contributed by atoms with van der Waals surface area (Å²) in [6.45, 7) is 8.53. The Bertz CT molecular complexity index is 1340. The van der Waals surface area contributed by atoms with Crippen LogP contribution in [0.3, 0.4) is 0 Å². The molecule has 8 nitrogen and oxygen atoms in total. The van der Waals surface area contributed by atoms with E-state index < -0.39 is 5.69 Å². The first-order valence-corrected chi connectivity index (χ1v) is 12.0. The molecule has 3 aromatic rings. The molecule has 0 bridgehead atoms. The van der Waals surface area contributed by atoms with E-state index >= 15 is 0 Å². The number of nitrogens with zero attached hydrogens (tertiary/aromatic N) is 2. The molecule has 0 atom stereocenters. The standard InChI is InChI=1S/C27H34N4O4/c1-18(2)16-28-24(32)14-7-8-15-30-26(34)21-11-5-6-13-23(21)31(27(30)35)17-25(33)29-22-12-9-10-19(3)20(22)4/h5-6,9-13,18H,7-8,14-17H2,1-4H3,(H,28,32)(H,29,33). The van der Waals surface area contributed by atoms with Crippen LogP contribution in [0.1, 0.15) is 44.2 Å². The number of hydrogen-bond donors (Lipinski definition) is 2. The quantitative estimate of drug-likeness (QED) is 0.436. The lowest BCUT2D eigenvalue weighted by atomic mass is 10.1. The first-order valence-electron chi connectivity index (χ1n) is 12.0. The van der Waals surface area contributed by atoms with Gasteiger partial charge < -0.3 is 10.6 Å². The number of nitrogens with one attached hydrogen (secondary N) is 2. The highest BCUT2D eigenvalue weighted by molar-refractivity contribution is 5.92. The average molecular weight is 479 g/mol. The number of fused-ring (bicyclic) bond motifs is 1. The van der Waals surface area contributed by atoms with Gasteiger partial charge in [-0.1, -0.05) is 38.1 Å². The molecule has 35 heavy (non-hydrogen) atoms. The minimum absolute atomic E-state index is 0.0370. The van der Waals surface area contributed by atoms with Crippen LogP contribution in [-0.2, 0) is 22.7 Å². The molecule has 0 saturated carbocycles. The van der Waals surface area contributed by atoms with Crippen molar-refractivity contribution in [3.63, 3.8) is 0 Å². The van der Waals surface area contributed by atoms with Crippen LogP contribution < -0.4 is 21.9 Å². The van der Waals surface area contributed by atoms with Crippen LogP contribution in [0.15, 0.2) is 52.1 Å². The predicted octanol–water partition coefficient (Wildman–Crippen LogP) is 3.36. The number of anilines is 1. The second-order valence-corrected chi connectivity index (χ2v) is 9.29. The Kier molecular flexibility index (Phi) is 8.63. The average Bonchev–Trinajstić information content (AvgIpc) is 2.82. The van der Waals surface area contributed by atoms with Gasteiger partial charge in [0.25, 0.3) is 5.56 Å². The molecule has 0 aliphatic carbocycles. The van der Waals surface area contributed by atoms with Crippen molar-refractivity contribution in [3.8, 4) is 0 Å². The van der Waals surface area contributed by atoms with Gasteiger partial charge in [0.05, 0.1) is 10.9 Å². The Morgan fingerprint density at radius 2 is 1.66 bits per heavy atom. The molecule has 3 rings (SSSR count). The van der Waals surface area contributed by atoms with E-state index in [0.29, 0.717) is 48.3 Å². The largest absolute Gasteiger partial charge is 0.356 e. The molecule has 0 saturated heterocycles. The van der Waals surface area contributed by atoms with Gasteiger partial charge in [0, 0.05) is 25.2 Å². The van der Waals surface area contributed by atoms with Crippen molar-refractivity contribution < 1.29 is 9.59 Å². The van der Waals surface area contributed by atoms with Gasteiger partial charge in [0.1, 0.15) is 6.54 Å².